The fourth-order valence-electron chi connectivity index (χ4n) is 0.555. The molecule has 0 saturated carbocycles. The van der Waals surface area contributed by atoms with E-state index in [0.29, 0.717) is 13.1 Å². The second-order valence-electron chi connectivity index (χ2n) is 2.37. The molecule has 0 unspecified atom stereocenters. The molecule has 5 heteroatoms. The highest BCUT2D eigenvalue weighted by atomic mass is 16.5. The molecule has 0 aromatic carbocycles. The van der Waals surface area contributed by atoms with E-state index < -0.39 is 0 Å². The van der Waals surface area contributed by atoms with Crippen molar-refractivity contribution in [3.8, 4) is 0 Å². The Kier molecular flexibility index (Phi) is 4.56. The minimum Gasteiger partial charge on any atom is -0.453 e. The van der Waals surface area contributed by atoms with Gasteiger partial charge in [-0.25, -0.2) is 9.80 Å². The third kappa shape index (κ3) is 4.58. The van der Waals surface area contributed by atoms with Crippen LogP contribution in [0, 0.1) is 0 Å². The highest BCUT2D eigenvalue weighted by Gasteiger charge is 2.06. The second-order valence-corrected chi connectivity index (χ2v) is 2.37. The van der Waals surface area contributed by atoms with E-state index in [1.54, 1.807) is 14.1 Å². The van der Waals surface area contributed by atoms with Crippen LogP contribution in [0.4, 0.5) is 4.79 Å². The van der Waals surface area contributed by atoms with Gasteiger partial charge in [0.05, 0.1) is 7.11 Å². The maximum absolute atomic E-state index is 10.8. The van der Waals surface area contributed by atoms with Crippen molar-refractivity contribution < 1.29 is 9.53 Å². The smallest absolute Gasteiger partial charge is 0.409 e. The quantitative estimate of drug-likeness (QED) is 0.447. The zero-order chi connectivity index (χ0) is 8.85. The Labute approximate surface area is 66.7 Å². The van der Waals surface area contributed by atoms with E-state index in [2.05, 4.69) is 4.74 Å². The highest BCUT2D eigenvalue weighted by molar-refractivity contribution is 5.66. The summed E-state index contributed by atoms with van der Waals surface area (Å²) in [6.07, 6.45) is -0.341. The molecule has 0 aliphatic rings. The van der Waals surface area contributed by atoms with E-state index in [9.17, 15) is 4.79 Å². The van der Waals surface area contributed by atoms with Crippen molar-refractivity contribution in [2.75, 3.05) is 34.3 Å². The normalized spacial score (nSPS) is 9.91. The van der Waals surface area contributed by atoms with Gasteiger partial charge in [-0.1, -0.05) is 0 Å². The standard InChI is InChI=1S/C6H15N3O2/c1-8(6(10)11-3)4-5-9(2)7/h4-5,7H2,1-3H3. The van der Waals surface area contributed by atoms with Gasteiger partial charge < -0.3 is 9.64 Å². The van der Waals surface area contributed by atoms with Gasteiger partial charge in [0.25, 0.3) is 0 Å². The van der Waals surface area contributed by atoms with Gasteiger partial charge in [-0.15, -0.1) is 0 Å². The largest absolute Gasteiger partial charge is 0.453 e. The number of hydrogen-bond donors (Lipinski definition) is 1. The first-order valence-corrected chi connectivity index (χ1v) is 3.33. The fourth-order valence-corrected chi connectivity index (χ4v) is 0.555. The van der Waals surface area contributed by atoms with Crippen LogP contribution in [0.15, 0.2) is 0 Å². The van der Waals surface area contributed by atoms with Crippen LogP contribution >= 0.6 is 0 Å². The van der Waals surface area contributed by atoms with Crippen molar-refractivity contribution in [3.63, 3.8) is 0 Å². The number of methoxy groups -OCH3 is 1. The summed E-state index contributed by atoms with van der Waals surface area (Å²) >= 11 is 0. The van der Waals surface area contributed by atoms with Crippen molar-refractivity contribution in [1.82, 2.24) is 9.91 Å². The minimum absolute atomic E-state index is 0.341. The Hall–Kier alpha value is -0.810. The molecule has 0 rings (SSSR count). The molecule has 0 aromatic rings. The monoisotopic (exact) mass is 161 g/mol. The zero-order valence-corrected chi connectivity index (χ0v) is 7.20. The van der Waals surface area contributed by atoms with E-state index in [1.165, 1.54) is 17.0 Å². The second kappa shape index (κ2) is 4.92. The first-order chi connectivity index (χ1) is 5.07. The van der Waals surface area contributed by atoms with Crippen LogP contribution in [0.25, 0.3) is 0 Å². The van der Waals surface area contributed by atoms with Crippen molar-refractivity contribution in [2.45, 2.75) is 0 Å². The van der Waals surface area contributed by atoms with Crippen LogP contribution < -0.4 is 5.84 Å². The molecular formula is C6H15N3O2. The molecule has 66 valence electrons. The molecule has 0 fully saturated rings. The number of amides is 1. The molecule has 0 atom stereocenters. The first kappa shape index (κ1) is 10.2. The number of carbonyl (C=O) groups is 1. The van der Waals surface area contributed by atoms with Crippen LogP contribution in [0.1, 0.15) is 0 Å². The fraction of sp³-hybridized carbons (Fsp3) is 0.833. The van der Waals surface area contributed by atoms with Crippen molar-refractivity contribution in [3.05, 3.63) is 0 Å². The molecule has 0 bridgehead atoms. The predicted octanol–water partition coefficient (Wildman–Crippen LogP) is -0.510. The third-order valence-corrected chi connectivity index (χ3v) is 1.27. The van der Waals surface area contributed by atoms with Crippen molar-refractivity contribution in [1.29, 1.82) is 0 Å². The Morgan fingerprint density at radius 3 is 2.36 bits per heavy atom. The summed E-state index contributed by atoms with van der Waals surface area (Å²) in [7, 11) is 4.76. The number of likely N-dealkylation sites (N-methyl/N-ethyl adjacent to an activating group) is 2. The zero-order valence-electron chi connectivity index (χ0n) is 7.20. The number of nitrogens with zero attached hydrogens (tertiary/aromatic N) is 2. The van der Waals surface area contributed by atoms with E-state index >= 15 is 0 Å². The molecule has 5 nitrogen and oxygen atoms in total. The average molecular weight is 161 g/mol. The van der Waals surface area contributed by atoms with Gasteiger partial charge in [-0.3, -0.25) is 5.84 Å². The van der Waals surface area contributed by atoms with Crippen LogP contribution in [-0.2, 0) is 4.74 Å². The van der Waals surface area contributed by atoms with Gasteiger partial charge >= 0.3 is 6.09 Å². The lowest BCUT2D eigenvalue weighted by atomic mass is 10.5. The molecular weight excluding hydrogens is 146 g/mol. The summed E-state index contributed by atoms with van der Waals surface area (Å²) in [6.45, 7) is 1.20. The van der Waals surface area contributed by atoms with Gasteiger partial charge in [-0.2, -0.15) is 0 Å². The van der Waals surface area contributed by atoms with Gasteiger partial charge in [0.1, 0.15) is 0 Å². The number of hydrogen-bond acceptors (Lipinski definition) is 4. The Bertz CT molecular complexity index is 127. The lowest BCUT2D eigenvalue weighted by Crippen LogP contribution is -2.37. The van der Waals surface area contributed by atoms with Crippen molar-refractivity contribution >= 4 is 6.09 Å². The average Bonchev–Trinajstić information content (AvgIpc) is 1.98. The van der Waals surface area contributed by atoms with Gasteiger partial charge in [0.2, 0.25) is 0 Å². The van der Waals surface area contributed by atoms with Crippen molar-refractivity contribution in [2.24, 2.45) is 5.84 Å². The van der Waals surface area contributed by atoms with Crippen LogP contribution in [0.5, 0.6) is 0 Å². The van der Waals surface area contributed by atoms with E-state index in [0.717, 1.165) is 0 Å². The Morgan fingerprint density at radius 2 is 2.00 bits per heavy atom. The molecule has 0 spiro atoms. The molecule has 0 radical (unpaired) electrons. The summed E-state index contributed by atoms with van der Waals surface area (Å²) < 4.78 is 4.47. The maximum atomic E-state index is 10.8. The number of rotatable bonds is 3. The summed E-state index contributed by atoms with van der Waals surface area (Å²) in [6, 6.07) is 0. The van der Waals surface area contributed by atoms with Gasteiger partial charge in [-0.05, 0) is 0 Å². The van der Waals surface area contributed by atoms with E-state index in [4.69, 9.17) is 5.84 Å². The molecule has 0 saturated heterocycles. The number of ether oxygens (including phenoxy) is 1. The Balaban J connectivity index is 3.52. The number of nitrogens with two attached hydrogens (primary N) is 1. The number of carbonyl (C=O) groups excluding carboxylic acids is 1. The summed E-state index contributed by atoms with van der Waals surface area (Å²) in [4.78, 5) is 12.2. The topological polar surface area (TPSA) is 58.8 Å². The maximum Gasteiger partial charge on any atom is 0.409 e. The van der Waals surface area contributed by atoms with Gasteiger partial charge in [0, 0.05) is 27.2 Å². The molecule has 1 amide bonds. The van der Waals surface area contributed by atoms with Crippen LogP contribution in [0.3, 0.4) is 0 Å². The summed E-state index contributed by atoms with van der Waals surface area (Å²) in [5.41, 5.74) is 0. The lowest BCUT2D eigenvalue weighted by Gasteiger charge is -2.17. The summed E-state index contributed by atoms with van der Waals surface area (Å²) in [5, 5.41) is 1.51. The van der Waals surface area contributed by atoms with Crippen LogP contribution in [0.2, 0.25) is 0 Å². The van der Waals surface area contributed by atoms with Crippen LogP contribution in [-0.4, -0.2) is 50.3 Å². The first-order valence-electron chi connectivity index (χ1n) is 3.33. The third-order valence-electron chi connectivity index (χ3n) is 1.27. The number of hydrazine groups is 1. The van der Waals surface area contributed by atoms with E-state index in [-0.39, 0.29) is 6.09 Å². The van der Waals surface area contributed by atoms with Gasteiger partial charge in [0.15, 0.2) is 0 Å². The SMILES string of the molecule is COC(=O)N(C)CCN(C)N. The van der Waals surface area contributed by atoms with E-state index in [1.807, 2.05) is 0 Å². The summed E-state index contributed by atoms with van der Waals surface area (Å²) in [5.74, 6) is 5.34. The molecule has 0 aliphatic heterocycles. The highest BCUT2D eigenvalue weighted by Crippen LogP contribution is 1.86. The molecule has 0 heterocycles. The molecule has 2 N–H and O–H groups in total. The Morgan fingerprint density at radius 1 is 1.45 bits per heavy atom. The molecule has 11 heavy (non-hydrogen) atoms. The minimum atomic E-state index is -0.341. The molecule has 0 aromatic heterocycles. The predicted molar refractivity (Wildman–Crippen MR) is 41.9 cm³/mol. The molecule has 0 aliphatic carbocycles. The lowest BCUT2D eigenvalue weighted by molar-refractivity contribution is 0.129.